The number of carbonyl (C=O) groups excluding carboxylic acids is 1. The standard InChI is InChI=1S/C13H8ClF3N2O/c14-9-3-4-10(13(15,16)17)11(6-9)19-12(20)8-2-1-5-18-7-8/h1-7H,(H,19,20). The van der Waals surface area contributed by atoms with Crippen molar-refractivity contribution in [2.24, 2.45) is 0 Å². The summed E-state index contributed by atoms with van der Waals surface area (Å²) in [7, 11) is 0. The lowest BCUT2D eigenvalue weighted by atomic mass is 10.1. The molecule has 0 radical (unpaired) electrons. The highest BCUT2D eigenvalue weighted by molar-refractivity contribution is 6.31. The number of rotatable bonds is 2. The van der Waals surface area contributed by atoms with Crippen molar-refractivity contribution in [3.05, 3.63) is 58.9 Å². The highest BCUT2D eigenvalue weighted by Crippen LogP contribution is 2.36. The summed E-state index contributed by atoms with van der Waals surface area (Å²) in [4.78, 5) is 15.6. The summed E-state index contributed by atoms with van der Waals surface area (Å²) < 4.78 is 38.5. The molecule has 1 aromatic carbocycles. The normalized spacial score (nSPS) is 11.2. The van der Waals surface area contributed by atoms with Gasteiger partial charge in [-0.25, -0.2) is 0 Å². The van der Waals surface area contributed by atoms with E-state index in [1.165, 1.54) is 24.5 Å². The number of nitrogens with one attached hydrogen (secondary N) is 1. The lowest BCUT2D eigenvalue weighted by Gasteiger charge is -2.14. The Morgan fingerprint density at radius 3 is 2.60 bits per heavy atom. The molecule has 0 unspecified atom stereocenters. The van der Waals surface area contributed by atoms with Crippen LogP contribution in [0.5, 0.6) is 0 Å². The monoisotopic (exact) mass is 300 g/mol. The van der Waals surface area contributed by atoms with E-state index in [1.807, 2.05) is 0 Å². The van der Waals surface area contributed by atoms with Crippen molar-refractivity contribution in [1.29, 1.82) is 0 Å². The van der Waals surface area contributed by atoms with Gasteiger partial charge in [-0.3, -0.25) is 9.78 Å². The molecule has 0 bridgehead atoms. The lowest BCUT2D eigenvalue weighted by Crippen LogP contribution is -2.16. The zero-order valence-electron chi connectivity index (χ0n) is 9.91. The summed E-state index contributed by atoms with van der Waals surface area (Å²) in [5.41, 5.74) is -1.20. The third kappa shape index (κ3) is 3.27. The van der Waals surface area contributed by atoms with Crippen LogP contribution in [0.15, 0.2) is 42.7 Å². The second-order valence-electron chi connectivity index (χ2n) is 3.88. The average molecular weight is 301 g/mol. The molecule has 0 aliphatic carbocycles. The van der Waals surface area contributed by atoms with Gasteiger partial charge in [-0.2, -0.15) is 13.2 Å². The molecular formula is C13H8ClF3N2O. The largest absolute Gasteiger partial charge is 0.418 e. The molecule has 0 fully saturated rings. The van der Waals surface area contributed by atoms with E-state index < -0.39 is 17.6 Å². The Morgan fingerprint density at radius 1 is 1.25 bits per heavy atom. The minimum absolute atomic E-state index is 0.0967. The van der Waals surface area contributed by atoms with Crippen LogP contribution in [0.3, 0.4) is 0 Å². The Balaban J connectivity index is 2.34. The first kappa shape index (κ1) is 14.3. The maximum Gasteiger partial charge on any atom is 0.418 e. The average Bonchev–Trinajstić information content (AvgIpc) is 2.38. The molecule has 1 aromatic heterocycles. The molecule has 1 N–H and O–H groups in total. The summed E-state index contributed by atoms with van der Waals surface area (Å²) in [6.07, 6.45) is -1.87. The van der Waals surface area contributed by atoms with Crippen LogP contribution in [0, 0.1) is 0 Å². The van der Waals surface area contributed by atoms with Gasteiger partial charge in [0, 0.05) is 17.4 Å². The van der Waals surface area contributed by atoms with E-state index in [2.05, 4.69) is 10.3 Å². The number of pyridine rings is 1. The number of anilines is 1. The maximum absolute atomic E-state index is 12.8. The van der Waals surface area contributed by atoms with Crippen molar-refractivity contribution in [3.63, 3.8) is 0 Å². The van der Waals surface area contributed by atoms with Gasteiger partial charge in [0.1, 0.15) is 0 Å². The Bertz CT molecular complexity index is 629. The molecule has 2 rings (SSSR count). The SMILES string of the molecule is O=C(Nc1cc(Cl)ccc1C(F)(F)F)c1cccnc1. The summed E-state index contributed by atoms with van der Waals surface area (Å²) in [5, 5.41) is 2.29. The van der Waals surface area contributed by atoms with Gasteiger partial charge in [-0.1, -0.05) is 11.6 Å². The van der Waals surface area contributed by atoms with E-state index in [4.69, 9.17) is 11.6 Å². The van der Waals surface area contributed by atoms with Crippen LogP contribution < -0.4 is 5.32 Å². The molecule has 0 spiro atoms. The molecule has 2 aromatic rings. The number of amides is 1. The van der Waals surface area contributed by atoms with Crippen LogP contribution in [-0.4, -0.2) is 10.9 Å². The molecule has 104 valence electrons. The zero-order valence-corrected chi connectivity index (χ0v) is 10.7. The second-order valence-corrected chi connectivity index (χ2v) is 4.32. The first-order valence-electron chi connectivity index (χ1n) is 5.46. The van der Waals surface area contributed by atoms with Gasteiger partial charge in [0.2, 0.25) is 0 Å². The lowest BCUT2D eigenvalue weighted by molar-refractivity contribution is -0.136. The van der Waals surface area contributed by atoms with Crippen LogP contribution >= 0.6 is 11.6 Å². The van der Waals surface area contributed by atoms with Gasteiger partial charge >= 0.3 is 6.18 Å². The fraction of sp³-hybridized carbons (Fsp3) is 0.0769. The molecule has 0 aliphatic rings. The highest BCUT2D eigenvalue weighted by Gasteiger charge is 2.34. The molecule has 0 saturated heterocycles. The third-order valence-electron chi connectivity index (χ3n) is 2.46. The van der Waals surface area contributed by atoms with Crippen molar-refractivity contribution in [2.45, 2.75) is 6.18 Å². The van der Waals surface area contributed by atoms with E-state index in [-0.39, 0.29) is 16.3 Å². The van der Waals surface area contributed by atoms with Crippen molar-refractivity contribution in [1.82, 2.24) is 4.98 Å². The Kier molecular flexibility index (Phi) is 3.94. The zero-order chi connectivity index (χ0) is 14.8. The minimum Gasteiger partial charge on any atom is -0.321 e. The molecule has 1 heterocycles. The van der Waals surface area contributed by atoms with Crippen LogP contribution in [0.2, 0.25) is 5.02 Å². The molecule has 0 aliphatic heterocycles. The van der Waals surface area contributed by atoms with Crippen molar-refractivity contribution < 1.29 is 18.0 Å². The molecule has 0 atom stereocenters. The van der Waals surface area contributed by atoms with E-state index in [1.54, 1.807) is 0 Å². The fourth-order valence-electron chi connectivity index (χ4n) is 1.56. The molecular weight excluding hydrogens is 293 g/mol. The number of hydrogen-bond donors (Lipinski definition) is 1. The van der Waals surface area contributed by atoms with E-state index >= 15 is 0 Å². The number of hydrogen-bond acceptors (Lipinski definition) is 2. The molecule has 7 heteroatoms. The molecule has 1 amide bonds. The number of carbonyl (C=O) groups is 1. The van der Waals surface area contributed by atoms with Gasteiger partial charge < -0.3 is 5.32 Å². The number of benzene rings is 1. The summed E-state index contributed by atoms with van der Waals surface area (Å²) >= 11 is 5.67. The van der Waals surface area contributed by atoms with E-state index in [9.17, 15) is 18.0 Å². The molecule has 0 saturated carbocycles. The number of alkyl halides is 3. The predicted octanol–water partition coefficient (Wildman–Crippen LogP) is 4.01. The van der Waals surface area contributed by atoms with Crippen molar-refractivity contribution in [2.75, 3.05) is 5.32 Å². The van der Waals surface area contributed by atoms with E-state index in [0.717, 1.165) is 18.2 Å². The number of nitrogens with zero attached hydrogens (tertiary/aromatic N) is 1. The van der Waals surface area contributed by atoms with Gasteiger partial charge in [0.25, 0.3) is 5.91 Å². The maximum atomic E-state index is 12.8. The summed E-state index contributed by atoms with van der Waals surface area (Å²) in [6.45, 7) is 0. The Hall–Kier alpha value is -2.08. The van der Waals surface area contributed by atoms with Gasteiger partial charge in [-0.15, -0.1) is 0 Å². The predicted molar refractivity (Wildman–Crippen MR) is 68.6 cm³/mol. The van der Waals surface area contributed by atoms with Gasteiger partial charge in [0.05, 0.1) is 16.8 Å². The van der Waals surface area contributed by atoms with Crippen molar-refractivity contribution >= 4 is 23.2 Å². The summed E-state index contributed by atoms with van der Waals surface area (Å²) in [5.74, 6) is -0.689. The van der Waals surface area contributed by atoms with Crippen molar-refractivity contribution in [3.8, 4) is 0 Å². The number of halogens is 4. The molecule has 3 nitrogen and oxygen atoms in total. The van der Waals surface area contributed by atoms with E-state index in [0.29, 0.717) is 0 Å². The van der Waals surface area contributed by atoms with Gasteiger partial charge in [-0.05, 0) is 30.3 Å². The second kappa shape index (κ2) is 5.50. The topological polar surface area (TPSA) is 42.0 Å². The fourth-order valence-corrected chi connectivity index (χ4v) is 1.73. The number of aromatic nitrogens is 1. The van der Waals surface area contributed by atoms with Crippen LogP contribution in [0.25, 0.3) is 0 Å². The van der Waals surface area contributed by atoms with Crippen LogP contribution in [-0.2, 0) is 6.18 Å². The summed E-state index contributed by atoms with van der Waals surface area (Å²) in [6, 6.07) is 5.95. The Labute approximate surface area is 117 Å². The first-order chi connectivity index (χ1) is 9.38. The smallest absolute Gasteiger partial charge is 0.321 e. The minimum atomic E-state index is -4.58. The van der Waals surface area contributed by atoms with Gasteiger partial charge in [0.15, 0.2) is 0 Å². The Morgan fingerprint density at radius 2 is 2.00 bits per heavy atom. The third-order valence-corrected chi connectivity index (χ3v) is 2.69. The highest BCUT2D eigenvalue weighted by atomic mass is 35.5. The molecule has 20 heavy (non-hydrogen) atoms. The van der Waals surface area contributed by atoms with Crippen LogP contribution in [0.4, 0.5) is 18.9 Å². The first-order valence-corrected chi connectivity index (χ1v) is 5.84. The van der Waals surface area contributed by atoms with Crippen LogP contribution in [0.1, 0.15) is 15.9 Å². The quantitative estimate of drug-likeness (QED) is 0.910.